The van der Waals surface area contributed by atoms with Crippen LogP contribution in [0.25, 0.3) is 0 Å². The Labute approximate surface area is 192 Å². The number of primary sulfonamides is 1. The van der Waals surface area contributed by atoms with Crippen molar-refractivity contribution in [2.24, 2.45) is 5.14 Å². The van der Waals surface area contributed by atoms with E-state index in [1.165, 1.54) is 19.2 Å². The number of ether oxygens (including phenoxy) is 2. The van der Waals surface area contributed by atoms with Gasteiger partial charge in [0.15, 0.2) is 0 Å². The van der Waals surface area contributed by atoms with Crippen LogP contribution >= 0.6 is 0 Å². The number of anilines is 1. The topological polar surface area (TPSA) is 125 Å². The minimum Gasteiger partial charge on any atom is -0.495 e. The molecule has 0 bridgehead atoms. The van der Waals surface area contributed by atoms with Gasteiger partial charge in [0.1, 0.15) is 10.6 Å². The Bertz CT molecular complexity index is 1290. The zero-order chi connectivity index (χ0) is 24.2. The number of hydrogen-bond acceptors (Lipinski definition) is 6. The molecule has 33 heavy (non-hydrogen) atoms. The zero-order valence-corrected chi connectivity index (χ0v) is 19.2. The number of rotatable bonds is 7. The number of amides is 1. The maximum absolute atomic E-state index is 13.1. The molecule has 0 fully saturated rings. The van der Waals surface area contributed by atoms with Gasteiger partial charge >= 0.3 is 5.97 Å². The van der Waals surface area contributed by atoms with Crippen molar-refractivity contribution in [3.63, 3.8) is 0 Å². The third-order valence-electron chi connectivity index (χ3n) is 4.92. The van der Waals surface area contributed by atoms with Gasteiger partial charge in [0, 0.05) is 11.3 Å². The molecule has 1 amide bonds. The van der Waals surface area contributed by atoms with Crippen LogP contribution in [0, 0.1) is 13.8 Å². The van der Waals surface area contributed by atoms with Crippen molar-refractivity contribution in [1.29, 1.82) is 0 Å². The van der Waals surface area contributed by atoms with Gasteiger partial charge in [-0.15, -0.1) is 0 Å². The van der Waals surface area contributed by atoms with Crippen molar-refractivity contribution in [2.45, 2.75) is 24.8 Å². The van der Waals surface area contributed by atoms with E-state index in [-0.39, 0.29) is 16.2 Å². The van der Waals surface area contributed by atoms with Gasteiger partial charge in [-0.1, -0.05) is 42.5 Å². The molecular weight excluding hydrogens is 444 g/mol. The van der Waals surface area contributed by atoms with Crippen LogP contribution in [0.15, 0.2) is 71.6 Å². The highest BCUT2D eigenvalue weighted by molar-refractivity contribution is 7.89. The number of methoxy groups -OCH3 is 1. The van der Waals surface area contributed by atoms with E-state index < -0.39 is 28.0 Å². The van der Waals surface area contributed by atoms with Gasteiger partial charge in [0.25, 0.3) is 5.91 Å². The number of nitrogens with one attached hydrogen (secondary N) is 1. The third kappa shape index (κ3) is 5.76. The number of hydrogen-bond donors (Lipinski definition) is 2. The minimum absolute atomic E-state index is 0.0127. The molecule has 3 aromatic carbocycles. The highest BCUT2D eigenvalue weighted by Gasteiger charge is 2.27. The summed E-state index contributed by atoms with van der Waals surface area (Å²) in [5.74, 6) is -1.46. The number of aryl methyl sites for hydroxylation is 2. The van der Waals surface area contributed by atoms with Crippen LogP contribution in [0.5, 0.6) is 5.75 Å². The van der Waals surface area contributed by atoms with Gasteiger partial charge in [-0.3, -0.25) is 4.79 Å². The molecule has 0 spiro atoms. The van der Waals surface area contributed by atoms with Gasteiger partial charge in [-0.2, -0.15) is 0 Å². The molecule has 1 atom stereocenters. The largest absolute Gasteiger partial charge is 0.495 e. The van der Waals surface area contributed by atoms with Crippen molar-refractivity contribution in [1.82, 2.24) is 0 Å². The van der Waals surface area contributed by atoms with Gasteiger partial charge < -0.3 is 14.8 Å². The van der Waals surface area contributed by atoms with E-state index in [0.29, 0.717) is 11.3 Å². The molecular formula is C24H24N2O6S. The standard InChI is InChI=1S/C24H24N2O6S/c1-15-9-10-16(2)19(13-15)26-23(27)22(17-7-5-4-6-8-17)32-24(28)18-11-12-20(31-3)21(14-18)33(25,29)30/h4-14,22H,1-3H3,(H,26,27)(H2,25,29,30). The normalized spacial score (nSPS) is 12.0. The summed E-state index contributed by atoms with van der Waals surface area (Å²) in [5, 5.41) is 8.04. The maximum Gasteiger partial charge on any atom is 0.339 e. The Morgan fingerprint density at radius 2 is 1.67 bits per heavy atom. The van der Waals surface area contributed by atoms with Crippen LogP contribution in [0.4, 0.5) is 5.69 Å². The highest BCUT2D eigenvalue weighted by Crippen LogP contribution is 2.27. The predicted octanol–water partition coefficient (Wildman–Crippen LogP) is 3.50. The monoisotopic (exact) mass is 468 g/mol. The summed E-state index contributed by atoms with van der Waals surface area (Å²) < 4.78 is 34.3. The van der Waals surface area contributed by atoms with E-state index in [0.717, 1.165) is 17.2 Å². The van der Waals surface area contributed by atoms with E-state index in [2.05, 4.69) is 5.32 Å². The first-order valence-corrected chi connectivity index (χ1v) is 11.5. The lowest BCUT2D eigenvalue weighted by atomic mass is 10.1. The zero-order valence-electron chi connectivity index (χ0n) is 18.4. The first-order chi connectivity index (χ1) is 15.6. The second-order valence-electron chi connectivity index (χ2n) is 7.41. The van der Waals surface area contributed by atoms with Crippen molar-refractivity contribution < 1.29 is 27.5 Å². The average molecular weight is 469 g/mol. The van der Waals surface area contributed by atoms with E-state index in [4.69, 9.17) is 14.6 Å². The Hall–Kier alpha value is -3.69. The van der Waals surface area contributed by atoms with Gasteiger partial charge in [-0.05, 0) is 49.2 Å². The van der Waals surface area contributed by atoms with Crippen LogP contribution in [-0.4, -0.2) is 27.4 Å². The summed E-state index contributed by atoms with van der Waals surface area (Å²) >= 11 is 0. The number of nitrogens with two attached hydrogens (primary N) is 1. The van der Waals surface area contributed by atoms with E-state index >= 15 is 0 Å². The number of carbonyl (C=O) groups is 2. The fourth-order valence-electron chi connectivity index (χ4n) is 3.17. The summed E-state index contributed by atoms with van der Waals surface area (Å²) in [7, 11) is -2.88. The van der Waals surface area contributed by atoms with Crippen LogP contribution in [0.2, 0.25) is 0 Å². The summed E-state index contributed by atoms with van der Waals surface area (Å²) in [5.41, 5.74) is 2.75. The summed E-state index contributed by atoms with van der Waals surface area (Å²) in [4.78, 5) is 25.7. The molecule has 0 heterocycles. The summed E-state index contributed by atoms with van der Waals surface area (Å²) in [6, 6.07) is 17.8. The van der Waals surface area contributed by atoms with Crippen LogP contribution < -0.4 is 15.2 Å². The Morgan fingerprint density at radius 3 is 2.30 bits per heavy atom. The van der Waals surface area contributed by atoms with Gasteiger partial charge in [-0.25, -0.2) is 18.4 Å². The Morgan fingerprint density at radius 1 is 0.970 bits per heavy atom. The van der Waals surface area contributed by atoms with Gasteiger partial charge in [0.2, 0.25) is 16.1 Å². The lowest BCUT2D eigenvalue weighted by Crippen LogP contribution is -2.26. The minimum atomic E-state index is -4.16. The quantitative estimate of drug-likeness (QED) is 0.512. The molecule has 8 nitrogen and oxygen atoms in total. The van der Waals surface area contributed by atoms with Crippen molar-refractivity contribution in [3.05, 3.63) is 89.0 Å². The predicted molar refractivity (Wildman–Crippen MR) is 124 cm³/mol. The fraction of sp³-hybridized carbons (Fsp3) is 0.167. The molecule has 0 aliphatic carbocycles. The smallest absolute Gasteiger partial charge is 0.339 e. The molecule has 0 saturated heterocycles. The molecule has 0 aliphatic rings. The molecule has 1 unspecified atom stereocenters. The van der Waals surface area contributed by atoms with E-state index in [1.54, 1.807) is 30.3 Å². The van der Waals surface area contributed by atoms with Crippen molar-refractivity contribution >= 4 is 27.6 Å². The lowest BCUT2D eigenvalue weighted by Gasteiger charge is -2.19. The van der Waals surface area contributed by atoms with E-state index in [9.17, 15) is 18.0 Å². The van der Waals surface area contributed by atoms with Crippen LogP contribution in [0.3, 0.4) is 0 Å². The molecule has 0 aromatic heterocycles. The number of esters is 1. The average Bonchev–Trinajstić information content (AvgIpc) is 2.79. The third-order valence-corrected chi connectivity index (χ3v) is 5.85. The lowest BCUT2D eigenvalue weighted by molar-refractivity contribution is -0.125. The van der Waals surface area contributed by atoms with E-state index in [1.807, 2.05) is 32.0 Å². The fourth-order valence-corrected chi connectivity index (χ4v) is 3.89. The molecule has 172 valence electrons. The molecule has 3 N–H and O–H groups in total. The summed E-state index contributed by atoms with van der Waals surface area (Å²) in [6.45, 7) is 3.75. The number of sulfonamides is 1. The maximum atomic E-state index is 13.1. The summed E-state index contributed by atoms with van der Waals surface area (Å²) in [6.07, 6.45) is -1.28. The van der Waals surface area contributed by atoms with Crippen LogP contribution in [0.1, 0.15) is 33.2 Å². The van der Waals surface area contributed by atoms with Gasteiger partial charge in [0.05, 0.1) is 12.7 Å². The van der Waals surface area contributed by atoms with Crippen LogP contribution in [-0.2, 0) is 19.6 Å². The second kappa shape index (κ2) is 9.85. The van der Waals surface area contributed by atoms with Crippen molar-refractivity contribution in [3.8, 4) is 5.75 Å². The molecule has 0 aliphatic heterocycles. The Balaban J connectivity index is 1.94. The number of benzene rings is 3. The van der Waals surface area contributed by atoms with Crippen molar-refractivity contribution in [2.75, 3.05) is 12.4 Å². The first-order valence-electron chi connectivity index (χ1n) is 9.95. The second-order valence-corrected chi connectivity index (χ2v) is 8.94. The highest BCUT2D eigenvalue weighted by atomic mass is 32.2. The number of carbonyl (C=O) groups excluding carboxylic acids is 2. The molecule has 0 radical (unpaired) electrons. The first kappa shape index (κ1) is 24.0. The Kier molecular flexibility index (Phi) is 7.15. The molecule has 3 aromatic rings. The SMILES string of the molecule is COc1ccc(C(=O)OC(C(=O)Nc2cc(C)ccc2C)c2ccccc2)cc1S(N)(=O)=O. The molecule has 9 heteroatoms. The molecule has 3 rings (SSSR count). The molecule has 0 saturated carbocycles.